The molecule has 0 saturated heterocycles. The number of terminal acetylenes is 1. The van der Waals surface area contributed by atoms with Gasteiger partial charge in [-0.1, -0.05) is 46.4 Å². The van der Waals surface area contributed by atoms with Gasteiger partial charge in [-0.2, -0.15) is 13.2 Å². The van der Waals surface area contributed by atoms with Crippen LogP contribution in [0.5, 0.6) is 0 Å². The largest absolute Gasteiger partial charge is 0.436 e. The highest BCUT2D eigenvalue weighted by Crippen LogP contribution is 2.49. The van der Waals surface area contributed by atoms with Crippen molar-refractivity contribution in [3.05, 3.63) is 68.7 Å². The third-order valence-corrected chi connectivity index (χ3v) is 5.96. The molecule has 1 aliphatic rings. The number of rotatable bonds is 4. The van der Waals surface area contributed by atoms with Crippen LogP contribution in [0.2, 0.25) is 10.0 Å². The molecule has 0 aliphatic carbocycles. The Morgan fingerprint density at radius 1 is 1.24 bits per heavy atom. The van der Waals surface area contributed by atoms with E-state index in [2.05, 4.69) is 11.1 Å². The average Bonchev–Trinajstić information content (AvgIpc) is 3.25. The van der Waals surface area contributed by atoms with Crippen LogP contribution in [-0.4, -0.2) is 42.4 Å². The molecule has 1 unspecified atom stereocenters. The van der Waals surface area contributed by atoms with Gasteiger partial charge in [0.05, 0.1) is 15.8 Å². The Morgan fingerprint density at radius 2 is 1.94 bits per heavy atom. The summed E-state index contributed by atoms with van der Waals surface area (Å²) in [5.74, 6) is 1.45. The molecule has 2 amide bonds. The van der Waals surface area contributed by atoms with Crippen molar-refractivity contribution < 1.29 is 32.3 Å². The molecule has 3 rings (SSSR count). The minimum absolute atomic E-state index is 0.0206. The number of benzene rings is 2. The summed E-state index contributed by atoms with van der Waals surface area (Å²) in [6.45, 7) is 1.28. The van der Waals surface area contributed by atoms with E-state index in [1.807, 2.05) is 0 Å². The smallest absolute Gasteiger partial charge is 0.435 e. The fourth-order valence-electron chi connectivity index (χ4n) is 3.35. The molecule has 0 saturated carbocycles. The topological polar surface area (TPSA) is 68.2 Å². The van der Waals surface area contributed by atoms with Crippen LogP contribution in [0.15, 0.2) is 41.6 Å². The molecule has 178 valence electrons. The second-order valence-electron chi connectivity index (χ2n) is 7.41. The molecule has 0 radical (unpaired) electrons. The van der Waals surface area contributed by atoms with Gasteiger partial charge in [0.15, 0.2) is 6.61 Å². The lowest BCUT2D eigenvalue weighted by Crippen LogP contribution is -2.42. The molecular formula is C23H17Cl2F3N2O4. The standard InChI is InChI=1S/C23H17Cl2F3N2O4/c1-4-9-33-21(32)30(3)20(31)16-7-5-14(10-13(16)2)19-12-22(34-29-19,23(26,27)28)15-6-8-17(24)18(25)11-15/h1,5-8,10-11H,9,12H2,2-3H3. The van der Waals surface area contributed by atoms with Gasteiger partial charge in [0.25, 0.3) is 11.5 Å². The zero-order valence-corrected chi connectivity index (χ0v) is 19.4. The maximum absolute atomic E-state index is 14.1. The van der Waals surface area contributed by atoms with Crippen LogP contribution in [-0.2, 0) is 15.2 Å². The number of imide groups is 1. The van der Waals surface area contributed by atoms with Gasteiger partial charge in [0.1, 0.15) is 0 Å². The molecule has 1 heterocycles. The number of hydrogen-bond donors (Lipinski definition) is 0. The van der Waals surface area contributed by atoms with E-state index in [1.54, 1.807) is 6.92 Å². The van der Waals surface area contributed by atoms with Gasteiger partial charge in [0.2, 0.25) is 0 Å². The Morgan fingerprint density at radius 3 is 2.53 bits per heavy atom. The van der Waals surface area contributed by atoms with Crippen LogP contribution in [0, 0.1) is 19.3 Å². The highest BCUT2D eigenvalue weighted by atomic mass is 35.5. The van der Waals surface area contributed by atoms with Gasteiger partial charge in [-0.3, -0.25) is 4.79 Å². The molecule has 0 spiro atoms. The van der Waals surface area contributed by atoms with Crippen LogP contribution < -0.4 is 0 Å². The third-order valence-electron chi connectivity index (χ3n) is 5.22. The zero-order valence-electron chi connectivity index (χ0n) is 17.9. The van der Waals surface area contributed by atoms with E-state index in [-0.39, 0.29) is 33.5 Å². The first-order chi connectivity index (χ1) is 15.9. The number of aryl methyl sites for hydroxylation is 1. The van der Waals surface area contributed by atoms with Crippen molar-refractivity contribution >= 4 is 40.9 Å². The van der Waals surface area contributed by atoms with E-state index in [4.69, 9.17) is 39.2 Å². The molecule has 0 fully saturated rings. The Bertz CT molecular complexity index is 1220. The number of ether oxygens (including phenoxy) is 1. The maximum atomic E-state index is 14.1. The van der Waals surface area contributed by atoms with E-state index in [0.29, 0.717) is 11.1 Å². The van der Waals surface area contributed by atoms with Crippen molar-refractivity contribution in [2.24, 2.45) is 5.16 Å². The van der Waals surface area contributed by atoms with Crippen molar-refractivity contribution in [1.29, 1.82) is 0 Å². The summed E-state index contributed by atoms with van der Waals surface area (Å²) in [5, 5.41) is 3.75. The number of carbonyl (C=O) groups is 2. The molecule has 0 N–H and O–H groups in total. The summed E-state index contributed by atoms with van der Waals surface area (Å²) in [6, 6.07) is 7.82. The summed E-state index contributed by atoms with van der Waals surface area (Å²) < 4.78 is 47.2. The summed E-state index contributed by atoms with van der Waals surface area (Å²) in [5.41, 5.74) is -2.11. The van der Waals surface area contributed by atoms with Crippen molar-refractivity contribution in [1.82, 2.24) is 4.90 Å². The van der Waals surface area contributed by atoms with Crippen molar-refractivity contribution in [2.45, 2.75) is 25.1 Å². The van der Waals surface area contributed by atoms with E-state index in [0.717, 1.165) is 11.0 Å². The molecule has 1 aliphatic heterocycles. The highest BCUT2D eigenvalue weighted by Gasteiger charge is 2.62. The summed E-state index contributed by atoms with van der Waals surface area (Å²) >= 11 is 11.8. The van der Waals surface area contributed by atoms with Gasteiger partial charge in [-0.25, -0.2) is 9.69 Å². The lowest BCUT2D eigenvalue weighted by atomic mass is 9.86. The fraction of sp³-hybridized carbons (Fsp3) is 0.261. The van der Waals surface area contributed by atoms with Crippen LogP contribution >= 0.6 is 23.2 Å². The number of hydrogen-bond acceptors (Lipinski definition) is 5. The molecule has 2 aromatic rings. The van der Waals surface area contributed by atoms with Crippen molar-refractivity contribution in [3.63, 3.8) is 0 Å². The minimum atomic E-state index is -4.82. The maximum Gasteiger partial charge on any atom is 0.435 e. The Hall–Kier alpha value is -3.22. The van der Waals surface area contributed by atoms with E-state index < -0.39 is 30.2 Å². The Kier molecular flexibility index (Phi) is 7.15. The van der Waals surface area contributed by atoms with Crippen LogP contribution in [0.25, 0.3) is 0 Å². The van der Waals surface area contributed by atoms with Gasteiger partial charge in [0, 0.05) is 24.6 Å². The lowest BCUT2D eigenvalue weighted by molar-refractivity contribution is -0.275. The monoisotopic (exact) mass is 512 g/mol. The fourth-order valence-corrected chi connectivity index (χ4v) is 3.65. The summed E-state index contributed by atoms with van der Waals surface area (Å²) in [4.78, 5) is 30.2. The van der Waals surface area contributed by atoms with E-state index in [1.165, 1.54) is 37.4 Å². The number of carbonyl (C=O) groups excluding carboxylic acids is 2. The SMILES string of the molecule is C#CCOC(=O)N(C)C(=O)c1ccc(C2=NOC(c3ccc(Cl)c(Cl)c3)(C(F)(F)F)C2)cc1C. The molecule has 0 bridgehead atoms. The minimum Gasteiger partial charge on any atom is -0.436 e. The quantitative estimate of drug-likeness (QED) is 0.491. The molecule has 0 aromatic heterocycles. The van der Waals surface area contributed by atoms with Crippen molar-refractivity contribution in [3.8, 4) is 12.3 Å². The molecule has 34 heavy (non-hydrogen) atoms. The molecule has 11 heteroatoms. The van der Waals surface area contributed by atoms with Gasteiger partial charge >= 0.3 is 12.3 Å². The number of oxime groups is 1. The second kappa shape index (κ2) is 9.57. The molecule has 1 atom stereocenters. The van der Waals surface area contributed by atoms with Crippen LogP contribution in [0.3, 0.4) is 0 Å². The number of halogens is 5. The van der Waals surface area contributed by atoms with Gasteiger partial charge in [-0.15, -0.1) is 6.42 Å². The number of nitrogens with zero attached hydrogens (tertiary/aromatic N) is 2. The van der Waals surface area contributed by atoms with E-state index in [9.17, 15) is 22.8 Å². The first kappa shape index (κ1) is 25.4. The normalized spacial score (nSPS) is 17.4. The zero-order chi connectivity index (χ0) is 25.3. The molecular weight excluding hydrogens is 496 g/mol. The first-order valence-electron chi connectivity index (χ1n) is 9.68. The Balaban J connectivity index is 1.88. The summed E-state index contributed by atoms with van der Waals surface area (Å²) in [6.07, 6.45) is -1.35. The first-order valence-corrected chi connectivity index (χ1v) is 10.4. The number of amides is 2. The summed E-state index contributed by atoms with van der Waals surface area (Å²) in [7, 11) is 1.22. The molecule has 2 aromatic carbocycles. The average molecular weight is 513 g/mol. The van der Waals surface area contributed by atoms with Gasteiger partial charge < -0.3 is 9.57 Å². The Labute approximate surface area is 203 Å². The highest BCUT2D eigenvalue weighted by molar-refractivity contribution is 6.42. The van der Waals surface area contributed by atoms with Crippen molar-refractivity contribution in [2.75, 3.05) is 13.7 Å². The predicted molar refractivity (Wildman–Crippen MR) is 120 cm³/mol. The van der Waals surface area contributed by atoms with E-state index >= 15 is 0 Å². The second-order valence-corrected chi connectivity index (χ2v) is 8.23. The number of alkyl halides is 3. The van der Waals surface area contributed by atoms with Gasteiger partial charge in [-0.05, 0) is 42.3 Å². The molecule has 6 nitrogen and oxygen atoms in total. The van der Waals surface area contributed by atoms with Crippen LogP contribution in [0.4, 0.5) is 18.0 Å². The van der Waals surface area contributed by atoms with Crippen LogP contribution in [0.1, 0.15) is 33.5 Å². The predicted octanol–water partition coefficient (Wildman–Crippen LogP) is 5.73. The third kappa shape index (κ3) is 4.69. The lowest BCUT2D eigenvalue weighted by Gasteiger charge is -2.29.